The number of pyridine rings is 1. The van der Waals surface area contributed by atoms with Crippen LogP contribution in [0.5, 0.6) is 0 Å². The van der Waals surface area contributed by atoms with Crippen molar-refractivity contribution in [3.8, 4) is 11.3 Å². The third-order valence-corrected chi connectivity index (χ3v) is 4.47. The number of hydrogen-bond donors (Lipinski definition) is 2. The summed E-state index contributed by atoms with van der Waals surface area (Å²) in [7, 11) is 0. The molecular formula is C18H17ClN2O4. The van der Waals surface area contributed by atoms with E-state index in [9.17, 15) is 9.59 Å². The minimum Gasteiger partial charge on any atom is -0.481 e. The van der Waals surface area contributed by atoms with Crippen molar-refractivity contribution in [1.29, 1.82) is 0 Å². The van der Waals surface area contributed by atoms with E-state index in [1.54, 1.807) is 24.4 Å². The number of rotatable bonds is 5. The van der Waals surface area contributed by atoms with Gasteiger partial charge in [0, 0.05) is 18.4 Å². The molecule has 1 aromatic carbocycles. The molecule has 0 bridgehead atoms. The van der Waals surface area contributed by atoms with E-state index in [4.69, 9.17) is 21.4 Å². The average Bonchev–Trinajstić information content (AvgIpc) is 3.03. The van der Waals surface area contributed by atoms with E-state index in [1.807, 2.05) is 18.2 Å². The van der Waals surface area contributed by atoms with E-state index in [0.29, 0.717) is 18.1 Å². The second kappa shape index (κ2) is 7.21. The molecular weight excluding hydrogens is 344 g/mol. The highest BCUT2D eigenvalue weighted by molar-refractivity contribution is 6.34. The number of nitrogens with zero attached hydrogens (tertiary/aromatic N) is 1. The molecule has 130 valence electrons. The third kappa shape index (κ3) is 3.97. The van der Waals surface area contributed by atoms with Gasteiger partial charge in [0.15, 0.2) is 0 Å². The molecule has 1 aromatic heterocycles. The zero-order chi connectivity index (χ0) is 17.9. The number of carbonyl (C=O) groups is 2. The van der Waals surface area contributed by atoms with Crippen LogP contribution in [-0.4, -0.2) is 40.7 Å². The summed E-state index contributed by atoms with van der Waals surface area (Å²) in [6.07, 6.45) is 1.92. The smallest absolute Gasteiger partial charge is 0.305 e. The van der Waals surface area contributed by atoms with Crippen molar-refractivity contribution in [2.45, 2.75) is 18.4 Å². The van der Waals surface area contributed by atoms with Crippen molar-refractivity contribution >= 4 is 23.5 Å². The van der Waals surface area contributed by atoms with Crippen LogP contribution >= 0.6 is 11.6 Å². The molecule has 2 heterocycles. The van der Waals surface area contributed by atoms with Gasteiger partial charge in [-0.05, 0) is 30.7 Å². The van der Waals surface area contributed by atoms with Crippen LogP contribution in [0.25, 0.3) is 11.3 Å². The minimum absolute atomic E-state index is 0.169. The normalized spacial score (nSPS) is 19.6. The molecule has 2 aromatic rings. The summed E-state index contributed by atoms with van der Waals surface area (Å²) in [6, 6.07) is 10.6. The predicted octanol–water partition coefficient (Wildman–Crippen LogP) is 2.77. The van der Waals surface area contributed by atoms with Gasteiger partial charge in [-0.15, -0.1) is 0 Å². The number of carboxylic acids is 1. The summed E-state index contributed by atoms with van der Waals surface area (Å²) in [5, 5.41) is 12.2. The number of hydrogen-bond acceptors (Lipinski definition) is 4. The number of carbonyl (C=O) groups excluding carboxylic acids is 1. The van der Waals surface area contributed by atoms with Crippen molar-refractivity contribution in [2.24, 2.45) is 0 Å². The Bertz CT molecular complexity index is 789. The van der Waals surface area contributed by atoms with Crippen LogP contribution in [0.3, 0.4) is 0 Å². The van der Waals surface area contributed by atoms with Gasteiger partial charge in [0.25, 0.3) is 5.91 Å². The summed E-state index contributed by atoms with van der Waals surface area (Å²) in [6.45, 7) is 0.581. The van der Waals surface area contributed by atoms with E-state index in [0.717, 1.165) is 11.3 Å². The predicted molar refractivity (Wildman–Crippen MR) is 92.6 cm³/mol. The van der Waals surface area contributed by atoms with Crippen molar-refractivity contribution in [3.63, 3.8) is 0 Å². The maximum absolute atomic E-state index is 12.7. The summed E-state index contributed by atoms with van der Waals surface area (Å²) in [4.78, 5) is 28.1. The van der Waals surface area contributed by atoms with Crippen LogP contribution in [0.15, 0.2) is 42.6 Å². The SMILES string of the molecule is O=C(O)CC1(NC(=O)c2cc(-c3ccccn3)ccc2Cl)CCOC1. The number of carboxylic acid groups (broad SMARTS) is 1. The quantitative estimate of drug-likeness (QED) is 0.855. The number of aliphatic carboxylic acids is 1. The largest absolute Gasteiger partial charge is 0.481 e. The van der Waals surface area contributed by atoms with Gasteiger partial charge in [-0.1, -0.05) is 23.7 Å². The monoisotopic (exact) mass is 360 g/mol. The highest BCUT2D eigenvalue weighted by Crippen LogP contribution is 2.27. The van der Waals surface area contributed by atoms with Crippen LogP contribution in [0.2, 0.25) is 5.02 Å². The lowest BCUT2D eigenvalue weighted by molar-refractivity contribution is -0.138. The first kappa shape index (κ1) is 17.4. The van der Waals surface area contributed by atoms with E-state index in [1.165, 1.54) is 0 Å². The number of ether oxygens (including phenoxy) is 1. The molecule has 0 spiro atoms. The number of benzene rings is 1. The molecule has 1 aliphatic rings. The number of amides is 1. The van der Waals surface area contributed by atoms with Gasteiger partial charge in [-0.3, -0.25) is 14.6 Å². The van der Waals surface area contributed by atoms with Crippen LogP contribution in [0.1, 0.15) is 23.2 Å². The molecule has 6 nitrogen and oxygen atoms in total. The standard InChI is InChI=1S/C18H17ClN2O4/c19-14-5-4-12(15-3-1-2-7-20-15)9-13(14)17(24)21-18(10-16(22)23)6-8-25-11-18/h1-5,7,9H,6,8,10-11H2,(H,21,24)(H,22,23). The lowest BCUT2D eigenvalue weighted by Crippen LogP contribution is -2.50. The Balaban J connectivity index is 1.87. The zero-order valence-electron chi connectivity index (χ0n) is 13.4. The summed E-state index contributed by atoms with van der Waals surface area (Å²) >= 11 is 6.19. The molecule has 1 unspecified atom stereocenters. The van der Waals surface area contributed by atoms with Crippen LogP contribution < -0.4 is 5.32 Å². The Hall–Kier alpha value is -2.44. The van der Waals surface area contributed by atoms with Gasteiger partial charge in [-0.2, -0.15) is 0 Å². The van der Waals surface area contributed by atoms with Gasteiger partial charge in [0.05, 0.1) is 34.8 Å². The third-order valence-electron chi connectivity index (χ3n) is 4.14. The Morgan fingerprint density at radius 1 is 1.32 bits per heavy atom. The Kier molecular flexibility index (Phi) is 5.01. The van der Waals surface area contributed by atoms with Gasteiger partial charge >= 0.3 is 5.97 Å². The van der Waals surface area contributed by atoms with Gasteiger partial charge in [0.1, 0.15) is 0 Å². The number of nitrogens with one attached hydrogen (secondary N) is 1. The fourth-order valence-electron chi connectivity index (χ4n) is 2.88. The maximum atomic E-state index is 12.7. The Labute approximate surface area is 149 Å². The molecule has 1 fully saturated rings. The summed E-state index contributed by atoms with van der Waals surface area (Å²) in [5.74, 6) is -1.41. The molecule has 2 N–H and O–H groups in total. The molecule has 1 saturated heterocycles. The minimum atomic E-state index is -0.987. The topological polar surface area (TPSA) is 88.5 Å². The van der Waals surface area contributed by atoms with Crippen molar-refractivity contribution in [1.82, 2.24) is 10.3 Å². The summed E-state index contributed by atoms with van der Waals surface area (Å²) < 4.78 is 5.30. The molecule has 1 amide bonds. The first-order chi connectivity index (χ1) is 12.0. The molecule has 25 heavy (non-hydrogen) atoms. The fraction of sp³-hybridized carbons (Fsp3) is 0.278. The van der Waals surface area contributed by atoms with Crippen molar-refractivity contribution in [2.75, 3.05) is 13.2 Å². The van der Waals surface area contributed by atoms with Gasteiger partial charge in [-0.25, -0.2) is 0 Å². The number of halogens is 1. The molecule has 7 heteroatoms. The van der Waals surface area contributed by atoms with Crippen molar-refractivity contribution in [3.05, 3.63) is 53.2 Å². The zero-order valence-corrected chi connectivity index (χ0v) is 14.1. The second-order valence-electron chi connectivity index (χ2n) is 6.02. The lowest BCUT2D eigenvalue weighted by Gasteiger charge is -2.27. The highest BCUT2D eigenvalue weighted by Gasteiger charge is 2.39. The first-order valence-electron chi connectivity index (χ1n) is 7.82. The second-order valence-corrected chi connectivity index (χ2v) is 6.42. The average molecular weight is 361 g/mol. The van der Waals surface area contributed by atoms with Gasteiger partial charge in [0.2, 0.25) is 0 Å². The molecule has 0 radical (unpaired) electrons. The molecule has 3 rings (SSSR count). The van der Waals surface area contributed by atoms with Crippen LogP contribution in [0, 0.1) is 0 Å². The fourth-order valence-corrected chi connectivity index (χ4v) is 3.08. The van der Waals surface area contributed by atoms with Crippen LogP contribution in [0.4, 0.5) is 0 Å². The molecule has 0 saturated carbocycles. The van der Waals surface area contributed by atoms with Gasteiger partial charge < -0.3 is 15.2 Å². The van der Waals surface area contributed by atoms with Crippen LogP contribution in [-0.2, 0) is 9.53 Å². The summed E-state index contributed by atoms with van der Waals surface area (Å²) in [5.41, 5.74) is 0.844. The first-order valence-corrected chi connectivity index (χ1v) is 8.20. The number of aromatic nitrogens is 1. The highest BCUT2D eigenvalue weighted by atomic mass is 35.5. The van der Waals surface area contributed by atoms with E-state index >= 15 is 0 Å². The van der Waals surface area contributed by atoms with E-state index in [2.05, 4.69) is 10.3 Å². The van der Waals surface area contributed by atoms with E-state index in [-0.39, 0.29) is 18.6 Å². The lowest BCUT2D eigenvalue weighted by atomic mass is 9.93. The maximum Gasteiger partial charge on any atom is 0.305 e. The molecule has 0 aliphatic carbocycles. The van der Waals surface area contributed by atoms with E-state index < -0.39 is 17.4 Å². The Morgan fingerprint density at radius 3 is 2.80 bits per heavy atom. The van der Waals surface area contributed by atoms with Crippen molar-refractivity contribution < 1.29 is 19.4 Å². The Morgan fingerprint density at radius 2 is 2.16 bits per heavy atom. The molecule has 1 atom stereocenters. The molecule has 1 aliphatic heterocycles.